The summed E-state index contributed by atoms with van der Waals surface area (Å²) in [6.07, 6.45) is -20.9. The Morgan fingerprint density at radius 1 is 0.632 bits per heavy atom. The summed E-state index contributed by atoms with van der Waals surface area (Å²) in [7, 11) is 8.50. The highest BCUT2D eigenvalue weighted by Crippen LogP contribution is 2.52. The molecule has 19 heavy (non-hydrogen) atoms. The number of hydrogen-bond acceptors (Lipinski definition) is 1. The van der Waals surface area contributed by atoms with Crippen LogP contribution in [0.25, 0.3) is 0 Å². The number of rotatable bonds is 1. The molecule has 0 aromatic rings. The zero-order valence-corrected chi connectivity index (χ0v) is 10.3. The summed E-state index contributed by atoms with van der Waals surface area (Å²) in [6, 6.07) is 0. The van der Waals surface area contributed by atoms with Crippen LogP contribution in [0.15, 0.2) is 0 Å². The summed E-state index contributed by atoms with van der Waals surface area (Å²) in [6.45, 7) is 0. The Morgan fingerprint density at radius 3 is 0.789 bits per heavy atom. The van der Waals surface area contributed by atoms with Crippen molar-refractivity contribution in [2.24, 2.45) is 0 Å². The maximum absolute atomic E-state index is 12.0. The van der Waals surface area contributed by atoms with Gasteiger partial charge in [-0.1, -0.05) is 0 Å². The summed E-state index contributed by atoms with van der Waals surface area (Å²) >= 11 is 0. The van der Waals surface area contributed by atoms with Gasteiger partial charge in [-0.05, 0) is 0 Å². The van der Waals surface area contributed by atoms with E-state index in [9.17, 15) is 44.6 Å². The van der Waals surface area contributed by atoms with Gasteiger partial charge in [-0.15, -0.1) is 0 Å². The fourth-order valence-electron chi connectivity index (χ4n) is 0.491. The largest absolute Gasteiger partial charge is 0.795 e. The number of halogens is 9. The predicted molar refractivity (Wildman–Crippen MR) is 44.9 cm³/mol. The van der Waals surface area contributed by atoms with Crippen LogP contribution in [0.4, 0.5) is 39.5 Å². The van der Waals surface area contributed by atoms with Crippen LogP contribution < -0.4 is 5.11 Å². The molecule has 0 heterocycles. The van der Waals surface area contributed by atoms with Crippen molar-refractivity contribution >= 4 is 0 Å². The second-order valence-electron chi connectivity index (χ2n) is 4.85. The predicted octanol–water partition coefficient (Wildman–Crippen LogP) is 2.09. The van der Waals surface area contributed by atoms with Gasteiger partial charge < -0.3 is 9.59 Å². The van der Waals surface area contributed by atoms with Crippen molar-refractivity contribution in [2.45, 2.75) is 24.1 Å². The molecular weight excluding hydrogens is 297 g/mol. The lowest BCUT2D eigenvalue weighted by molar-refractivity contribution is -0.849. The van der Waals surface area contributed by atoms with E-state index in [1.165, 1.54) is 0 Å². The van der Waals surface area contributed by atoms with Crippen LogP contribution in [0.3, 0.4) is 0 Å². The third kappa shape index (κ3) is 5.85. The summed E-state index contributed by atoms with van der Waals surface area (Å²) in [5, 5.41) is 9.27. The normalized spacial score (nSPS) is 14.8. The molecule has 0 unspecified atom stereocenters. The smallest absolute Gasteiger partial charge is 0.436 e. The maximum Gasteiger partial charge on any atom is 0.436 e. The molecule has 0 atom stereocenters. The molecule has 0 N–H and O–H groups in total. The maximum atomic E-state index is 12.0. The minimum Gasteiger partial charge on any atom is -0.795 e. The van der Waals surface area contributed by atoms with E-state index in [0.29, 0.717) is 0 Å². The highest BCUT2D eigenvalue weighted by Gasteiger charge is 2.80. The molecule has 0 aliphatic rings. The van der Waals surface area contributed by atoms with Crippen molar-refractivity contribution in [3.8, 4) is 0 Å². The second kappa shape index (κ2) is 5.35. The van der Waals surface area contributed by atoms with Gasteiger partial charge in [0.2, 0.25) is 6.11 Å². The van der Waals surface area contributed by atoms with Gasteiger partial charge in [0.1, 0.15) is 0 Å². The van der Waals surface area contributed by atoms with E-state index >= 15 is 0 Å². The van der Waals surface area contributed by atoms with Gasteiger partial charge in [-0.3, -0.25) is 0 Å². The fraction of sp³-hybridized carbons (Fsp3) is 1.00. The number of quaternary nitrogens is 1. The molecule has 0 fully saturated rings. The SMILES string of the molecule is C[N+](C)(C)C.[O-]C(F)(F)C(F)(C(F)(F)F)C(F)(F)F. The first-order valence-electron chi connectivity index (χ1n) is 4.44. The first-order chi connectivity index (χ1) is 7.75. The van der Waals surface area contributed by atoms with E-state index in [4.69, 9.17) is 0 Å². The number of hydrogen-bond donors (Lipinski definition) is 0. The molecule has 0 saturated heterocycles. The zero-order valence-electron chi connectivity index (χ0n) is 10.3. The van der Waals surface area contributed by atoms with E-state index in [1.54, 1.807) is 0 Å². The van der Waals surface area contributed by atoms with Crippen molar-refractivity contribution in [1.82, 2.24) is 0 Å². The highest BCUT2D eigenvalue weighted by atomic mass is 19.4. The lowest BCUT2D eigenvalue weighted by Crippen LogP contribution is -2.69. The molecule has 0 aromatic heterocycles. The third-order valence-electron chi connectivity index (χ3n) is 1.18. The van der Waals surface area contributed by atoms with Crippen LogP contribution in [0.1, 0.15) is 0 Å². The van der Waals surface area contributed by atoms with Crippen molar-refractivity contribution in [1.29, 1.82) is 0 Å². The molecular formula is C8H12F9NO. The molecule has 11 heteroatoms. The molecule has 0 bridgehead atoms. The fourth-order valence-corrected chi connectivity index (χ4v) is 0.491. The Kier molecular flexibility index (Phi) is 5.80. The van der Waals surface area contributed by atoms with Crippen LogP contribution in [0.5, 0.6) is 0 Å². The van der Waals surface area contributed by atoms with Crippen LogP contribution in [-0.2, 0) is 0 Å². The van der Waals surface area contributed by atoms with Crippen molar-refractivity contribution in [3.63, 3.8) is 0 Å². The van der Waals surface area contributed by atoms with Gasteiger partial charge in [0, 0.05) is 0 Å². The quantitative estimate of drug-likeness (QED) is 0.537. The summed E-state index contributed by atoms with van der Waals surface area (Å²) < 4.78 is 104. The van der Waals surface area contributed by atoms with Gasteiger partial charge in [0.25, 0.3) is 0 Å². The molecule has 0 aliphatic carbocycles. The van der Waals surface area contributed by atoms with Crippen molar-refractivity contribution in [3.05, 3.63) is 0 Å². The molecule has 0 saturated carbocycles. The van der Waals surface area contributed by atoms with E-state index < -0.39 is 24.1 Å². The van der Waals surface area contributed by atoms with E-state index in [2.05, 4.69) is 28.2 Å². The van der Waals surface area contributed by atoms with Gasteiger partial charge >= 0.3 is 18.0 Å². The first-order valence-corrected chi connectivity index (χ1v) is 4.44. The van der Waals surface area contributed by atoms with Gasteiger partial charge in [-0.2, -0.15) is 26.3 Å². The molecule has 2 nitrogen and oxygen atoms in total. The lowest BCUT2D eigenvalue weighted by Gasteiger charge is -2.39. The van der Waals surface area contributed by atoms with Crippen molar-refractivity contribution in [2.75, 3.05) is 28.2 Å². The lowest BCUT2D eigenvalue weighted by atomic mass is 10.0. The van der Waals surface area contributed by atoms with Crippen LogP contribution in [0.2, 0.25) is 0 Å². The summed E-state index contributed by atoms with van der Waals surface area (Å²) in [5.41, 5.74) is -7.08. The van der Waals surface area contributed by atoms with E-state index in [-0.39, 0.29) is 0 Å². The zero-order chi connectivity index (χ0) is 16.5. The Bertz CT molecular complexity index is 241. The standard InChI is InChI=1S/C4F9O.C4H12N/c5-1(2(6,7)8,3(9,10)11)4(12,13)14;1-5(2,3)4/h;1-4H3/q-1;+1. The molecule has 0 aliphatic heterocycles. The first kappa shape index (κ1) is 20.6. The molecule has 118 valence electrons. The molecule has 0 radical (unpaired) electrons. The minimum atomic E-state index is -7.08. The average Bonchev–Trinajstić information content (AvgIpc) is 1.92. The average molecular weight is 309 g/mol. The van der Waals surface area contributed by atoms with Crippen molar-refractivity contribution < 1.29 is 49.1 Å². The van der Waals surface area contributed by atoms with Crippen LogP contribution in [-0.4, -0.2) is 56.8 Å². The monoisotopic (exact) mass is 309 g/mol. The molecule has 0 spiro atoms. The molecule has 0 amide bonds. The van der Waals surface area contributed by atoms with Crippen LogP contribution >= 0.6 is 0 Å². The van der Waals surface area contributed by atoms with Gasteiger partial charge in [0.15, 0.2) is 0 Å². The van der Waals surface area contributed by atoms with Gasteiger partial charge in [-0.25, -0.2) is 13.2 Å². The number of alkyl halides is 9. The molecule has 0 rings (SSSR count). The Morgan fingerprint density at radius 2 is 0.789 bits per heavy atom. The highest BCUT2D eigenvalue weighted by molar-refractivity contribution is 4.99. The Hall–Kier alpha value is -0.710. The van der Waals surface area contributed by atoms with Crippen LogP contribution in [0, 0.1) is 0 Å². The molecule has 0 aromatic carbocycles. The van der Waals surface area contributed by atoms with E-state index in [0.717, 1.165) is 4.48 Å². The minimum absolute atomic E-state index is 1.00. The number of nitrogens with zero attached hydrogens (tertiary/aromatic N) is 1. The Balaban J connectivity index is 0. The third-order valence-corrected chi connectivity index (χ3v) is 1.18. The summed E-state index contributed by atoms with van der Waals surface area (Å²) in [4.78, 5) is 0. The Labute approximate surface area is 103 Å². The van der Waals surface area contributed by atoms with E-state index in [1.807, 2.05) is 0 Å². The van der Waals surface area contributed by atoms with Gasteiger partial charge in [0.05, 0.1) is 28.2 Å². The second-order valence-corrected chi connectivity index (χ2v) is 4.85. The topological polar surface area (TPSA) is 23.1 Å². The summed E-state index contributed by atoms with van der Waals surface area (Å²) in [5.74, 6) is 0.